The maximum Gasteiger partial charge on any atom is 0.317 e. The average molecular weight is 345 g/mol. The van der Waals surface area contributed by atoms with Crippen LogP contribution in [-0.4, -0.2) is 49.6 Å². The third kappa shape index (κ3) is 4.06. The molecule has 6 heteroatoms. The molecule has 0 saturated carbocycles. The molecule has 2 aliphatic heterocycles. The molecule has 3 atom stereocenters. The van der Waals surface area contributed by atoms with Gasteiger partial charge in [0, 0.05) is 37.8 Å². The number of carbonyl (C=O) groups is 2. The monoisotopic (exact) mass is 345 g/mol. The van der Waals surface area contributed by atoms with Gasteiger partial charge in [0.15, 0.2) is 0 Å². The molecule has 2 fully saturated rings. The van der Waals surface area contributed by atoms with E-state index in [0.717, 1.165) is 25.2 Å². The molecular formula is C19H27N3O3. The standard InChI is InChI=1S/C19H27N3O3/c1-13-7-14(2)11-21(10-13)19(24)20-15-8-18(23)22(12-15)16-5-4-6-17(9-16)25-3/h4-6,9,13-15H,7-8,10-12H2,1-3H3,(H,20,24). The fraction of sp³-hybridized carbons (Fsp3) is 0.579. The Morgan fingerprint density at radius 3 is 2.60 bits per heavy atom. The van der Waals surface area contributed by atoms with E-state index in [2.05, 4.69) is 19.2 Å². The van der Waals surface area contributed by atoms with Gasteiger partial charge in [0.1, 0.15) is 5.75 Å². The number of hydrogen-bond donors (Lipinski definition) is 1. The van der Waals surface area contributed by atoms with Gasteiger partial charge in [-0.05, 0) is 30.4 Å². The summed E-state index contributed by atoms with van der Waals surface area (Å²) in [5.41, 5.74) is 0.807. The van der Waals surface area contributed by atoms with Gasteiger partial charge in [0.25, 0.3) is 0 Å². The van der Waals surface area contributed by atoms with E-state index >= 15 is 0 Å². The molecular weight excluding hydrogens is 318 g/mol. The molecule has 0 aliphatic carbocycles. The quantitative estimate of drug-likeness (QED) is 0.915. The second kappa shape index (κ2) is 7.33. The Morgan fingerprint density at radius 1 is 1.20 bits per heavy atom. The molecule has 0 radical (unpaired) electrons. The van der Waals surface area contributed by atoms with Crippen molar-refractivity contribution in [2.24, 2.45) is 11.8 Å². The van der Waals surface area contributed by atoms with Crippen LogP contribution in [0.5, 0.6) is 5.75 Å². The SMILES string of the molecule is COc1cccc(N2CC(NC(=O)N3CC(C)CC(C)C3)CC2=O)c1. The highest BCUT2D eigenvalue weighted by Crippen LogP contribution is 2.26. The molecule has 6 nitrogen and oxygen atoms in total. The van der Waals surface area contributed by atoms with Crippen LogP contribution in [0.2, 0.25) is 0 Å². The number of rotatable bonds is 3. The molecule has 0 bridgehead atoms. The van der Waals surface area contributed by atoms with Crippen LogP contribution >= 0.6 is 0 Å². The topological polar surface area (TPSA) is 61.9 Å². The first-order valence-corrected chi connectivity index (χ1v) is 8.96. The van der Waals surface area contributed by atoms with Crippen LogP contribution in [0.15, 0.2) is 24.3 Å². The Labute approximate surface area is 149 Å². The number of ether oxygens (including phenoxy) is 1. The molecule has 136 valence electrons. The number of nitrogens with one attached hydrogen (secondary N) is 1. The Bertz CT molecular complexity index is 639. The Kier molecular flexibility index (Phi) is 5.16. The molecule has 2 heterocycles. The summed E-state index contributed by atoms with van der Waals surface area (Å²) >= 11 is 0. The minimum absolute atomic E-state index is 0.0268. The summed E-state index contributed by atoms with van der Waals surface area (Å²) in [7, 11) is 1.61. The summed E-state index contributed by atoms with van der Waals surface area (Å²) in [5, 5.41) is 3.04. The van der Waals surface area contributed by atoms with E-state index in [1.165, 1.54) is 0 Å². The summed E-state index contributed by atoms with van der Waals surface area (Å²) < 4.78 is 5.23. The maximum atomic E-state index is 12.6. The second-order valence-electron chi connectivity index (χ2n) is 7.41. The van der Waals surface area contributed by atoms with E-state index in [-0.39, 0.29) is 18.0 Å². The Morgan fingerprint density at radius 2 is 1.92 bits per heavy atom. The van der Waals surface area contributed by atoms with Gasteiger partial charge in [0.05, 0.1) is 13.2 Å². The van der Waals surface area contributed by atoms with Gasteiger partial charge in [-0.25, -0.2) is 4.79 Å². The van der Waals surface area contributed by atoms with E-state index in [1.807, 2.05) is 29.2 Å². The molecule has 1 N–H and O–H groups in total. The fourth-order valence-corrected chi connectivity index (χ4v) is 3.93. The van der Waals surface area contributed by atoms with Crippen molar-refractivity contribution in [3.8, 4) is 5.75 Å². The summed E-state index contributed by atoms with van der Waals surface area (Å²) in [6.45, 7) is 6.43. The molecule has 0 spiro atoms. The molecule has 25 heavy (non-hydrogen) atoms. The van der Waals surface area contributed by atoms with Gasteiger partial charge in [-0.3, -0.25) is 4.79 Å². The summed E-state index contributed by atoms with van der Waals surface area (Å²) in [6, 6.07) is 7.24. The van der Waals surface area contributed by atoms with Crippen LogP contribution in [-0.2, 0) is 4.79 Å². The normalized spacial score (nSPS) is 26.7. The highest BCUT2D eigenvalue weighted by molar-refractivity contribution is 5.97. The number of piperidine rings is 1. The highest BCUT2D eigenvalue weighted by Gasteiger charge is 2.33. The number of urea groups is 1. The van der Waals surface area contributed by atoms with E-state index in [4.69, 9.17) is 4.74 Å². The number of carbonyl (C=O) groups excluding carboxylic acids is 2. The van der Waals surface area contributed by atoms with Crippen molar-refractivity contribution in [3.05, 3.63) is 24.3 Å². The first-order chi connectivity index (χ1) is 12.0. The fourth-order valence-electron chi connectivity index (χ4n) is 3.93. The zero-order valence-electron chi connectivity index (χ0n) is 15.2. The van der Waals surface area contributed by atoms with Crippen molar-refractivity contribution in [1.29, 1.82) is 0 Å². The lowest BCUT2D eigenvalue weighted by Gasteiger charge is -2.35. The number of nitrogens with zero attached hydrogens (tertiary/aromatic N) is 2. The van der Waals surface area contributed by atoms with Crippen molar-refractivity contribution in [3.63, 3.8) is 0 Å². The van der Waals surface area contributed by atoms with Crippen LogP contribution in [0, 0.1) is 11.8 Å². The molecule has 1 aromatic carbocycles. The van der Waals surface area contributed by atoms with Crippen LogP contribution in [0.4, 0.5) is 10.5 Å². The summed E-state index contributed by atoms with van der Waals surface area (Å²) in [6.07, 6.45) is 1.50. The first kappa shape index (κ1) is 17.6. The second-order valence-corrected chi connectivity index (χ2v) is 7.41. The van der Waals surface area contributed by atoms with E-state index in [9.17, 15) is 9.59 Å². The molecule has 2 aliphatic rings. The Hall–Kier alpha value is -2.24. The minimum Gasteiger partial charge on any atom is -0.497 e. The zero-order chi connectivity index (χ0) is 18.0. The van der Waals surface area contributed by atoms with Gasteiger partial charge in [-0.1, -0.05) is 19.9 Å². The lowest BCUT2D eigenvalue weighted by Crippen LogP contribution is -2.50. The van der Waals surface area contributed by atoms with Crippen molar-refractivity contribution in [2.45, 2.75) is 32.7 Å². The van der Waals surface area contributed by atoms with Gasteiger partial charge >= 0.3 is 6.03 Å². The van der Waals surface area contributed by atoms with Crippen molar-refractivity contribution < 1.29 is 14.3 Å². The van der Waals surface area contributed by atoms with Gasteiger partial charge in [-0.15, -0.1) is 0 Å². The van der Waals surface area contributed by atoms with Crippen LogP contribution < -0.4 is 15.0 Å². The highest BCUT2D eigenvalue weighted by atomic mass is 16.5. The number of methoxy groups -OCH3 is 1. The van der Waals surface area contributed by atoms with E-state index in [0.29, 0.717) is 30.6 Å². The average Bonchev–Trinajstić information content (AvgIpc) is 2.94. The third-order valence-electron chi connectivity index (χ3n) is 4.97. The molecule has 3 amide bonds. The summed E-state index contributed by atoms with van der Waals surface area (Å²) in [5.74, 6) is 1.79. The molecule has 3 unspecified atom stereocenters. The number of amides is 3. The van der Waals surface area contributed by atoms with Crippen LogP contribution in [0.25, 0.3) is 0 Å². The number of anilines is 1. The van der Waals surface area contributed by atoms with Crippen molar-refractivity contribution in [2.75, 3.05) is 31.6 Å². The molecule has 0 aromatic heterocycles. The molecule has 1 aromatic rings. The van der Waals surface area contributed by atoms with Gasteiger partial charge < -0.3 is 19.9 Å². The summed E-state index contributed by atoms with van der Waals surface area (Å²) in [4.78, 5) is 28.5. The maximum absolute atomic E-state index is 12.6. The molecule has 3 rings (SSSR count). The largest absolute Gasteiger partial charge is 0.497 e. The van der Waals surface area contributed by atoms with Crippen molar-refractivity contribution in [1.82, 2.24) is 10.2 Å². The van der Waals surface area contributed by atoms with E-state index < -0.39 is 0 Å². The number of benzene rings is 1. The minimum atomic E-state index is -0.154. The Balaban J connectivity index is 1.61. The molecule has 2 saturated heterocycles. The predicted molar refractivity (Wildman–Crippen MR) is 96.8 cm³/mol. The van der Waals surface area contributed by atoms with E-state index in [1.54, 1.807) is 12.0 Å². The number of hydrogen-bond acceptors (Lipinski definition) is 3. The third-order valence-corrected chi connectivity index (χ3v) is 4.97. The zero-order valence-corrected chi connectivity index (χ0v) is 15.2. The van der Waals surface area contributed by atoms with Gasteiger partial charge in [-0.2, -0.15) is 0 Å². The van der Waals surface area contributed by atoms with Gasteiger partial charge in [0.2, 0.25) is 5.91 Å². The predicted octanol–water partition coefficient (Wildman–Crippen LogP) is 2.49. The lowest BCUT2D eigenvalue weighted by atomic mass is 9.92. The first-order valence-electron chi connectivity index (χ1n) is 8.96. The lowest BCUT2D eigenvalue weighted by molar-refractivity contribution is -0.117. The van der Waals surface area contributed by atoms with Crippen LogP contribution in [0.3, 0.4) is 0 Å². The number of likely N-dealkylation sites (tertiary alicyclic amines) is 1. The van der Waals surface area contributed by atoms with Crippen LogP contribution in [0.1, 0.15) is 26.7 Å². The van der Waals surface area contributed by atoms with Crippen molar-refractivity contribution >= 4 is 17.6 Å². The smallest absolute Gasteiger partial charge is 0.317 e.